The molecule has 0 radical (unpaired) electrons. The summed E-state index contributed by atoms with van der Waals surface area (Å²) in [7, 11) is 0. The first-order valence-corrected chi connectivity index (χ1v) is 16.0. The molecule has 0 unspecified atom stereocenters. The molecule has 10 nitrogen and oxygen atoms in total. The van der Waals surface area contributed by atoms with Crippen LogP contribution in [-0.4, -0.2) is 106 Å². The minimum Gasteiger partial charge on any atom is -0.391 e. The van der Waals surface area contributed by atoms with Crippen LogP contribution in [0.4, 0.5) is 0 Å². The minimum absolute atomic E-state index is 0.0530. The Labute approximate surface area is 250 Å². The van der Waals surface area contributed by atoms with Gasteiger partial charge in [-0.05, 0) is 31.9 Å². The number of piperazine rings is 1. The molecule has 12 heteroatoms. The summed E-state index contributed by atoms with van der Waals surface area (Å²) >= 11 is 3.23. The van der Waals surface area contributed by atoms with Crippen LogP contribution in [0.15, 0.2) is 29.8 Å². The molecule has 3 atom stereocenters. The van der Waals surface area contributed by atoms with Crippen molar-refractivity contribution in [2.45, 2.75) is 63.6 Å². The lowest BCUT2D eigenvalue weighted by molar-refractivity contribution is -0.142. The maximum Gasteiger partial charge on any atom is 0.247 e. The molecule has 3 heterocycles. The highest BCUT2D eigenvalue weighted by Gasteiger charge is 2.45. The van der Waals surface area contributed by atoms with Gasteiger partial charge in [-0.25, -0.2) is 4.98 Å². The Balaban J connectivity index is 1.38. The van der Waals surface area contributed by atoms with Crippen molar-refractivity contribution in [1.82, 2.24) is 30.7 Å². The van der Waals surface area contributed by atoms with Crippen molar-refractivity contribution in [2.24, 2.45) is 0 Å². The van der Waals surface area contributed by atoms with E-state index in [9.17, 15) is 19.5 Å². The first kappa shape index (κ1) is 31.4. The Morgan fingerprint density at radius 3 is 2.56 bits per heavy atom. The predicted molar refractivity (Wildman–Crippen MR) is 164 cm³/mol. The standard InChI is InChI=1S/C29H42N6O4S2/c1-19-25(40-18-32-19)22-7-5-21(6-8-22)16-31-27(38)24-15-23(37)17-35(24)28(39)26(33-20(2)36)29(3,4)41-14-13-34-11-9-30-10-12-34/h5-8,18,23-24,26,30,37H,9-17H2,1-4H3,(H,31,38)(H,33,36)/t23-,24+,26-/m1/s1. The van der Waals surface area contributed by atoms with E-state index >= 15 is 0 Å². The second-order valence-electron chi connectivity index (χ2n) is 11.3. The average Bonchev–Trinajstić information content (AvgIpc) is 3.56. The molecule has 3 amide bonds. The first-order valence-electron chi connectivity index (χ1n) is 14.1. The quantitative estimate of drug-likeness (QED) is 0.306. The molecule has 1 aromatic heterocycles. The lowest BCUT2D eigenvalue weighted by atomic mass is 10.0. The van der Waals surface area contributed by atoms with Crippen molar-refractivity contribution in [3.63, 3.8) is 0 Å². The fourth-order valence-electron chi connectivity index (χ4n) is 5.32. The Kier molecular flexibility index (Phi) is 10.8. The third-order valence-electron chi connectivity index (χ3n) is 7.67. The normalized spacial score (nSPS) is 20.6. The third-order valence-corrected chi connectivity index (χ3v) is 10.0. The number of thioether (sulfide) groups is 1. The van der Waals surface area contributed by atoms with Crippen LogP contribution in [0.2, 0.25) is 0 Å². The number of hydrogen-bond donors (Lipinski definition) is 4. The number of carbonyl (C=O) groups excluding carboxylic acids is 3. The smallest absolute Gasteiger partial charge is 0.247 e. The summed E-state index contributed by atoms with van der Waals surface area (Å²) in [4.78, 5) is 48.6. The number of rotatable bonds is 11. The lowest BCUT2D eigenvalue weighted by Gasteiger charge is -2.37. The number of nitrogens with zero attached hydrogens (tertiary/aromatic N) is 3. The molecule has 2 fully saturated rings. The molecular formula is C29H42N6O4S2. The number of carbonyl (C=O) groups is 3. The predicted octanol–water partition coefficient (Wildman–Crippen LogP) is 1.62. The molecule has 41 heavy (non-hydrogen) atoms. The first-order chi connectivity index (χ1) is 19.5. The Hall–Kier alpha value is -2.51. The van der Waals surface area contributed by atoms with E-state index in [1.165, 1.54) is 11.8 Å². The maximum absolute atomic E-state index is 13.9. The SMILES string of the molecule is CC(=O)N[C@H](C(=O)N1C[C@H](O)C[C@H]1C(=O)NCc1ccc(-c2scnc2C)cc1)C(C)(C)SCCN1CCNCC1. The van der Waals surface area contributed by atoms with Crippen molar-refractivity contribution in [2.75, 3.05) is 45.0 Å². The molecule has 0 spiro atoms. The number of nitrogens with one attached hydrogen (secondary N) is 3. The Bertz CT molecular complexity index is 1200. The van der Waals surface area contributed by atoms with Crippen LogP contribution in [0, 0.1) is 6.92 Å². The van der Waals surface area contributed by atoms with E-state index < -0.39 is 22.9 Å². The second-order valence-corrected chi connectivity index (χ2v) is 13.9. The zero-order valence-corrected chi connectivity index (χ0v) is 25.9. The number of thiazole rings is 1. The Morgan fingerprint density at radius 1 is 1.22 bits per heavy atom. The van der Waals surface area contributed by atoms with E-state index in [0.29, 0.717) is 6.54 Å². The number of amides is 3. The minimum atomic E-state index is -0.837. The van der Waals surface area contributed by atoms with E-state index in [1.807, 2.05) is 50.5 Å². The van der Waals surface area contributed by atoms with Gasteiger partial charge in [0, 0.05) is 69.7 Å². The zero-order valence-electron chi connectivity index (χ0n) is 24.3. The van der Waals surface area contributed by atoms with E-state index in [0.717, 1.165) is 60.2 Å². The fourth-order valence-corrected chi connectivity index (χ4v) is 7.34. The van der Waals surface area contributed by atoms with E-state index in [-0.39, 0.29) is 30.7 Å². The number of aliphatic hydroxyl groups is 1. The van der Waals surface area contributed by atoms with Gasteiger partial charge >= 0.3 is 0 Å². The highest BCUT2D eigenvalue weighted by Crippen LogP contribution is 2.32. The summed E-state index contributed by atoms with van der Waals surface area (Å²) in [5.74, 6) is -0.162. The van der Waals surface area contributed by atoms with Gasteiger partial charge in [0.1, 0.15) is 12.1 Å². The highest BCUT2D eigenvalue weighted by molar-refractivity contribution is 8.00. The number of aromatic nitrogens is 1. The Morgan fingerprint density at radius 2 is 1.93 bits per heavy atom. The fraction of sp³-hybridized carbons (Fsp3) is 0.586. The van der Waals surface area contributed by atoms with Crippen LogP contribution < -0.4 is 16.0 Å². The number of aliphatic hydroxyl groups excluding tert-OH is 1. The third kappa shape index (κ3) is 8.29. The van der Waals surface area contributed by atoms with Crippen molar-refractivity contribution in [3.05, 3.63) is 41.0 Å². The highest BCUT2D eigenvalue weighted by atomic mass is 32.2. The molecular weight excluding hydrogens is 560 g/mol. The van der Waals surface area contributed by atoms with Gasteiger partial charge in [0.05, 0.1) is 22.2 Å². The number of hydrogen-bond acceptors (Lipinski definition) is 9. The molecule has 1 aromatic carbocycles. The summed E-state index contributed by atoms with van der Waals surface area (Å²) in [6.07, 6.45) is -0.650. The summed E-state index contributed by atoms with van der Waals surface area (Å²) in [5.41, 5.74) is 4.82. The van der Waals surface area contributed by atoms with Gasteiger partial charge in [-0.15, -0.1) is 11.3 Å². The van der Waals surface area contributed by atoms with Crippen LogP contribution in [0.5, 0.6) is 0 Å². The van der Waals surface area contributed by atoms with Crippen LogP contribution in [0.3, 0.4) is 0 Å². The maximum atomic E-state index is 13.9. The molecule has 2 saturated heterocycles. The van der Waals surface area contributed by atoms with Gasteiger partial charge in [0.15, 0.2) is 0 Å². The van der Waals surface area contributed by atoms with Gasteiger partial charge in [-0.1, -0.05) is 24.3 Å². The van der Waals surface area contributed by atoms with Crippen LogP contribution in [0.25, 0.3) is 10.4 Å². The van der Waals surface area contributed by atoms with Crippen molar-refractivity contribution in [3.8, 4) is 10.4 Å². The summed E-state index contributed by atoms with van der Waals surface area (Å²) in [6, 6.07) is 6.31. The van der Waals surface area contributed by atoms with Gasteiger partial charge in [0.25, 0.3) is 0 Å². The molecule has 2 aromatic rings. The van der Waals surface area contributed by atoms with Crippen molar-refractivity contribution < 1.29 is 19.5 Å². The van der Waals surface area contributed by atoms with Crippen molar-refractivity contribution >= 4 is 40.8 Å². The summed E-state index contributed by atoms with van der Waals surface area (Å²) < 4.78 is -0.621. The molecule has 0 aliphatic carbocycles. The van der Waals surface area contributed by atoms with Crippen LogP contribution in [0.1, 0.15) is 38.4 Å². The van der Waals surface area contributed by atoms with Crippen molar-refractivity contribution in [1.29, 1.82) is 0 Å². The number of β-amino-alcohol motifs (C(OH)–C–C–N with tert-alkyl or cyclic N) is 1. The molecule has 4 rings (SSSR count). The lowest BCUT2D eigenvalue weighted by Crippen LogP contribution is -2.59. The van der Waals surface area contributed by atoms with Gasteiger partial charge < -0.3 is 26.0 Å². The summed E-state index contributed by atoms with van der Waals surface area (Å²) in [6.45, 7) is 12.5. The molecule has 224 valence electrons. The van der Waals surface area contributed by atoms with Gasteiger partial charge in [0.2, 0.25) is 17.7 Å². The number of benzene rings is 1. The van der Waals surface area contributed by atoms with Crippen LogP contribution >= 0.6 is 23.1 Å². The molecule has 0 bridgehead atoms. The van der Waals surface area contributed by atoms with Gasteiger partial charge in [-0.2, -0.15) is 11.8 Å². The van der Waals surface area contributed by atoms with E-state index in [2.05, 4.69) is 25.8 Å². The second kappa shape index (κ2) is 14.1. The number of aryl methyl sites for hydroxylation is 1. The summed E-state index contributed by atoms with van der Waals surface area (Å²) in [5, 5.41) is 19.6. The largest absolute Gasteiger partial charge is 0.391 e. The monoisotopic (exact) mass is 602 g/mol. The van der Waals surface area contributed by atoms with Gasteiger partial charge in [-0.3, -0.25) is 19.3 Å². The zero-order chi connectivity index (χ0) is 29.6. The molecule has 2 aliphatic rings. The molecule has 4 N–H and O–H groups in total. The molecule has 2 aliphatic heterocycles. The van der Waals surface area contributed by atoms with E-state index in [4.69, 9.17) is 0 Å². The van der Waals surface area contributed by atoms with Crippen LogP contribution in [-0.2, 0) is 20.9 Å². The molecule has 0 saturated carbocycles. The average molecular weight is 603 g/mol. The topological polar surface area (TPSA) is 127 Å². The van der Waals surface area contributed by atoms with E-state index in [1.54, 1.807) is 23.1 Å². The number of likely N-dealkylation sites (tertiary alicyclic amines) is 1.